The van der Waals surface area contributed by atoms with Crippen LogP contribution in [0.2, 0.25) is 0 Å². The molecule has 0 saturated heterocycles. The third-order valence-corrected chi connectivity index (χ3v) is 3.50. The highest BCUT2D eigenvalue weighted by Gasteiger charge is 2.17. The number of thiophene rings is 1. The fourth-order valence-electron chi connectivity index (χ4n) is 1.34. The average molecular weight is 256 g/mol. The van der Waals surface area contributed by atoms with Crippen LogP contribution in [0.3, 0.4) is 0 Å². The number of carbonyl (C=O) groups excluding carboxylic acids is 1. The zero-order valence-corrected chi connectivity index (χ0v) is 11.1. The molecule has 3 nitrogen and oxygen atoms in total. The molecule has 0 saturated carbocycles. The molecule has 0 aliphatic heterocycles. The molecule has 1 heterocycles. The molecular weight excluding hydrogens is 240 g/mol. The number of rotatable bonds is 5. The summed E-state index contributed by atoms with van der Waals surface area (Å²) in [5.41, 5.74) is 6.29. The SMILES string of the molecule is CCN(CC(C)C(N)=S)C(=O)c1ccsc1. The molecule has 0 fully saturated rings. The van der Waals surface area contributed by atoms with E-state index in [0.29, 0.717) is 18.1 Å². The Morgan fingerprint density at radius 1 is 1.69 bits per heavy atom. The van der Waals surface area contributed by atoms with Crippen molar-refractivity contribution in [3.63, 3.8) is 0 Å². The number of hydrogen-bond acceptors (Lipinski definition) is 3. The molecule has 0 aliphatic carbocycles. The Hall–Kier alpha value is -0.940. The molecular formula is C11H16N2OS2. The van der Waals surface area contributed by atoms with Gasteiger partial charge < -0.3 is 10.6 Å². The maximum Gasteiger partial charge on any atom is 0.254 e. The lowest BCUT2D eigenvalue weighted by molar-refractivity contribution is 0.0755. The van der Waals surface area contributed by atoms with E-state index in [4.69, 9.17) is 18.0 Å². The van der Waals surface area contributed by atoms with Crippen molar-refractivity contribution in [3.8, 4) is 0 Å². The van der Waals surface area contributed by atoms with Crippen molar-refractivity contribution in [2.45, 2.75) is 13.8 Å². The third kappa shape index (κ3) is 3.28. The van der Waals surface area contributed by atoms with Gasteiger partial charge in [0, 0.05) is 24.4 Å². The van der Waals surface area contributed by atoms with Gasteiger partial charge in [-0.05, 0) is 18.4 Å². The predicted octanol–water partition coefficient (Wildman–Crippen LogP) is 2.13. The molecule has 5 heteroatoms. The van der Waals surface area contributed by atoms with Crippen molar-refractivity contribution in [1.29, 1.82) is 0 Å². The molecule has 0 aromatic carbocycles. The molecule has 0 radical (unpaired) electrons. The minimum absolute atomic E-state index is 0.0480. The Morgan fingerprint density at radius 2 is 2.38 bits per heavy atom. The molecule has 1 rings (SSSR count). The van der Waals surface area contributed by atoms with Crippen molar-refractivity contribution in [2.24, 2.45) is 11.7 Å². The number of nitrogens with two attached hydrogens (primary N) is 1. The molecule has 2 N–H and O–H groups in total. The van der Waals surface area contributed by atoms with E-state index in [1.54, 1.807) is 4.90 Å². The molecule has 1 aromatic heterocycles. The van der Waals surface area contributed by atoms with Gasteiger partial charge in [-0.15, -0.1) is 0 Å². The summed E-state index contributed by atoms with van der Waals surface area (Å²) >= 11 is 6.44. The van der Waals surface area contributed by atoms with Gasteiger partial charge in [-0.2, -0.15) is 11.3 Å². The zero-order chi connectivity index (χ0) is 12.1. The number of amides is 1. The van der Waals surface area contributed by atoms with Crippen molar-refractivity contribution in [3.05, 3.63) is 22.4 Å². The maximum absolute atomic E-state index is 12.0. The maximum atomic E-state index is 12.0. The lowest BCUT2D eigenvalue weighted by Gasteiger charge is -2.23. The Bertz CT molecular complexity index is 362. The smallest absolute Gasteiger partial charge is 0.254 e. The highest BCUT2D eigenvalue weighted by atomic mass is 32.1. The van der Waals surface area contributed by atoms with Gasteiger partial charge in [-0.1, -0.05) is 19.1 Å². The summed E-state index contributed by atoms with van der Waals surface area (Å²) in [7, 11) is 0. The second-order valence-corrected chi connectivity index (χ2v) is 4.91. The largest absolute Gasteiger partial charge is 0.393 e. The molecule has 0 spiro atoms. The molecule has 0 aliphatic rings. The molecule has 1 atom stereocenters. The summed E-state index contributed by atoms with van der Waals surface area (Å²) in [5.74, 6) is 0.101. The monoisotopic (exact) mass is 256 g/mol. The number of hydrogen-bond donors (Lipinski definition) is 1. The average Bonchev–Trinajstić information content (AvgIpc) is 2.77. The van der Waals surface area contributed by atoms with Crippen LogP contribution in [0.5, 0.6) is 0 Å². The summed E-state index contributed by atoms with van der Waals surface area (Å²) < 4.78 is 0. The van der Waals surface area contributed by atoms with Crippen molar-refractivity contribution < 1.29 is 4.79 Å². The molecule has 88 valence electrons. The Kier molecular flexibility index (Phi) is 4.89. The third-order valence-electron chi connectivity index (χ3n) is 2.42. The fourth-order valence-corrected chi connectivity index (χ4v) is 2.05. The van der Waals surface area contributed by atoms with Gasteiger partial charge in [0.1, 0.15) is 0 Å². The second-order valence-electron chi connectivity index (χ2n) is 3.66. The first kappa shape index (κ1) is 13.1. The normalized spacial score (nSPS) is 12.1. The van der Waals surface area contributed by atoms with Crippen molar-refractivity contribution in [1.82, 2.24) is 4.90 Å². The Balaban J connectivity index is 2.68. The quantitative estimate of drug-likeness (QED) is 0.821. The van der Waals surface area contributed by atoms with Crippen LogP contribution in [-0.4, -0.2) is 28.9 Å². The fraction of sp³-hybridized carbons (Fsp3) is 0.455. The summed E-state index contributed by atoms with van der Waals surface area (Å²) in [4.78, 5) is 14.3. The summed E-state index contributed by atoms with van der Waals surface area (Å²) in [6.45, 7) is 5.14. The summed E-state index contributed by atoms with van der Waals surface area (Å²) in [6.07, 6.45) is 0. The van der Waals surface area contributed by atoms with E-state index >= 15 is 0 Å². The Morgan fingerprint density at radius 3 is 2.81 bits per heavy atom. The van der Waals surface area contributed by atoms with Crippen LogP contribution >= 0.6 is 23.6 Å². The predicted molar refractivity (Wildman–Crippen MR) is 71.8 cm³/mol. The summed E-state index contributed by atoms with van der Waals surface area (Å²) in [6, 6.07) is 1.83. The molecule has 1 unspecified atom stereocenters. The van der Waals surface area contributed by atoms with Crippen LogP contribution in [0.25, 0.3) is 0 Å². The van der Waals surface area contributed by atoms with Gasteiger partial charge >= 0.3 is 0 Å². The summed E-state index contributed by atoms with van der Waals surface area (Å²) in [5, 5.41) is 3.76. The van der Waals surface area contributed by atoms with Crippen LogP contribution in [0, 0.1) is 5.92 Å². The lowest BCUT2D eigenvalue weighted by Crippen LogP contribution is -2.37. The molecule has 1 aromatic rings. The van der Waals surface area contributed by atoms with Gasteiger partial charge in [-0.3, -0.25) is 4.79 Å². The number of carbonyl (C=O) groups is 1. The van der Waals surface area contributed by atoms with E-state index in [-0.39, 0.29) is 11.8 Å². The van der Waals surface area contributed by atoms with E-state index in [9.17, 15) is 4.79 Å². The minimum atomic E-state index is 0.0480. The second kappa shape index (κ2) is 5.96. The minimum Gasteiger partial charge on any atom is -0.393 e. The van der Waals surface area contributed by atoms with E-state index in [1.807, 2.05) is 30.7 Å². The standard InChI is InChI=1S/C11H16N2OS2/c1-3-13(6-8(2)10(12)15)11(14)9-4-5-16-7-9/h4-5,7-8H,3,6H2,1-2H3,(H2,12,15). The van der Waals surface area contributed by atoms with Gasteiger partial charge in [0.25, 0.3) is 5.91 Å². The number of nitrogens with zero attached hydrogens (tertiary/aromatic N) is 1. The van der Waals surface area contributed by atoms with Crippen molar-refractivity contribution >= 4 is 34.5 Å². The van der Waals surface area contributed by atoms with Gasteiger partial charge in [0.15, 0.2) is 0 Å². The van der Waals surface area contributed by atoms with Crippen LogP contribution in [0.15, 0.2) is 16.8 Å². The van der Waals surface area contributed by atoms with E-state index in [2.05, 4.69) is 0 Å². The zero-order valence-electron chi connectivity index (χ0n) is 9.47. The van der Waals surface area contributed by atoms with Crippen LogP contribution in [0.4, 0.5) is 0 Å². The van der Waals surface area contributed by atoms with E-state index in [0.717, 1.165) is 5.56 Å². The van der Waals surface area contributed by atoms with Crippen LogP contribution in [-0.2, 0) is 0 Å². The lowest BCUT2D eigenvalue weighted by atomic mass is 10.1. The van der Waals surface area contributed by atoms with Crippen molar-refractivity contribution in [2.75, 3.05) is 13.1 Å². The van der Waals surface area contributed by atoms with Crippen LogP contribution in [0.1, 0.15) is 24.2 Å². The topological polar surface area (TPSA) is 46.3 Å². The highest BCUT2D eigenvalue weighted by Crippen LogP contribution is 2.11. The van der Waals surface area contributed by atoms with E-state index < -0.39 is 0 Å². The van der Waals surface area contributed by atoms with Gasteiger partial charge in [0.2, 0.25) is 0 Å². The first-order valence-corrected chi connectivity index (χ1v) is 6.52. The van der Waals surface area contributed by atoms with Crippen LogP contribution < -0.4 is 5.73 Å². The molecule has 0 bridgehead atoms. The van der Waals surface area contributed by atoms with E-state index in [1.165, 1.54) is 11.3 Å². The highest BCUT2D eigenvalue weighted by molar-refractivity contribution is 7.80. The first-order valence-electron chi connectivity index (χ1n) is 5.17. The number of thiocarbonyl (C=S) groups is 1. The van der Waals surface area contributed by atoms with Gasteiger partial charge in [0.05, 0.1) is 10.6 Å². The Labute approximate surface area is 105 Å². The molecule has 1 amide bonds. The first-order chi connectivity index (χ1) is 7.56. The van der Waals surface area contributed by atoms with Gasteiger partial charge in [-0.25, -0.2) is 0 Å². The molecule has 16 heavy (non-hydrogen) atoms.